The SMILES string of the molecule is Cc1ccn2ncc(C(=O)N[C@@H]3CCc4cc(B5OC(C)(C)C(C)(C)O5)ccc43)c2c1. The van der Waals surface area contributed by atoms with Gasteiger partial charge in [0.15, 0.2) is 0 Å². The fourth-order valence-electron chi connectivity index (χ4n) is 4.41. The molecule has 0 spiro atoms. The lowest BCUT2D eigenvalue weighted by Gasteiger charge is -2.32. The molecule has 6 nitrogen and oxygen atoms in total. The second-order valence-electron chi connectivity index (χ2n) is 9.70. The highest BCUT2D eigenvalue weighted by atomic mass is 16.7. The Balaban J connectivity index is 1.35. The van der Waals surface area contributed by atoms with E-state index in [1.165, 1.54) is 11.1 Å². The van der Waals surface area contributed by atoms with Crippen LogP contribution in [0.1, 0.15) is 67.2 Å². The van der Waals surface area contributed by atoms with Crippen molar-refractivity contribution >= 4 is 24.0 Å². The van der Waals surface area contributed by atoms with Gasteiger partial charge in [-0.1, -0.05) is 18.2 Å². The van der Waals surface area contributed by atoms with E-state index >= 15 is 0 Å². The van der Waals surface area contributed by atoms with Crippen LogP contribution in [0, 0.1) is 6.92 Å². The first-order valence-corrected chi connectivity index (χ1v) is 10.9. The maximum Gasteiger partial charge on any atom is 0.494 e. The van der Waals surface area contributed by atoms with Crippen molar-refractivity contribution in [1.29, 1.82) is 0 Å². The third-order valence-corrected chi connectivity index (χ3v) is 7.00. The molecule has 3 aromatic rings. The largest absolute Gasteiger partial charge is 0.494 e. The Bertz CT molecular complexity index is 1170. The van der Waals surface area contributed by atoms with E-state index in [9.17, 15) is 4.79 Å². The number of carbonyl (C=O) groups is 1. The van der Waals surface area contributed by atoms with Crippen LogP contribution in [-0.2, 0) is 15.7 Å². The number of aromatic nitrogens is 2. The number of amides is 1. The van der Waals surface area contributed by atoms with Crippen molar-refractivity contribution in [2.75, 3.05) is 0 Å². The van der Waals surface area contributed by atoms with Crippen molar-refractivity contribution in [2.45, 2.75) is 64.7 Å². The summed E-state index contributed by atoms with van der Waals surface area (Å²) >= 11 is 0. The molecule has 3 heterocycles. The molecule has 0 unspecified atom stereocenters. The van der Waals surface area contributed by atoms with Crippen molar-refractivity contribution in [3.8, 4) is 0 Å². The van der Waals surface area contributed by atoms with Crippen LogP contribution in [0.15, 0.2) is 42.7 Å². The fraction of sp³-hybridized carbons (Fsp3) is 0.417. The Morgan fingerprint density at radius 1 is 1.16 bits per heavy atom. The van der Waals surface area contributed by atoms with Crippen LogP contribution in [0.25, 0.3) is 5.52 Å². The molecule has 31 heavy (non-hydrogen) atoms. The Kier molecular flexibility index (Phi) is 4.54. The molecule has 1 aliphatic heterocycles. The molecule has 1 saturated heterocycles. The number of hydrogen-bond donors (Lipinski definition) is 1. The molecule has 1 aliphatic carbocycles. The minimum Gasteiger partial charge on any atom is -0.399 e. The summed E-state index contributed by atoms with van der Waals surface area (Å²) in [7, 11) is -0.369. The van der Waals surface area contributed by atoms with Gasteiger partial charge in [-0.15, -0.1) is 0 Å². The molecule has 2 aliphatic rings. The first kappa shape index (κ1) is 20.3. The summed E-state index contributed by atoms with van der Waals surface area (Å²) < 4.78 is 14.1. The molecule has 1 fully saturated rings. The van der Waals surface area contributed by atoms with E-state index in [0.29, 0.717) is 5.56 Å². The number of carbonyl (C=O) groups excluding carboxylic acids is 1. The van der Waals surface area contributed by atoms with Crippen LogP contribution in [-0.4, -0.2) is 33.8 Å². The lowest BCUT2D eigenvalue weighted by atomic mass is 9.78. The van der Waals surface area contributed by atoms with Crippen molar-refractivity contribution in [3.63, 3.8) is 0 Å². The average Bonchev–Trinajstić information content (AvgIpc) is 3.35. The van der Waals surface area contributed by atoms with Crippen LogP contribution in [0.4, 0.5) is 0 Å². The Morgan fingerprint density at radius 3 is 2.65 bits per heavy atom. The number of nitrogens with one attached hydrogen (secondary N) is 1. The van der Waals surface area contributed by atoms with Crippen LogP contribution in [0.3, 0.4) is 0 Å². The highest BCUT2D eigenvalue weighted by Gasteiger charge is 2.51. The van der Waals surface area contributed by atoms with Gasteiger partial charge in [0.25, 0.3) is 5.91 Å². The van der Waals surface area contributed by atoms with E-state index in [-0.39, 0.29) is 30.3 Å². The smallest absolute Gasteiger partial charge is 0.399 e. The molecule has 1 amide bonds. The molecule has 5 rings (SSSR count). The zero-order valence-corrected chi connectivity index (χ0v) is 18.7. The summed E-state index contributed by atoms with van der Waals surface area (Å²) in [5.74, 6) is -0.0894. The Morgan fingerprint density at radius 2 is 1.90 bits per heavy atom. The molecule has 7 heteroatoms. The van der Waals surface area contributed by atoms with Gasteiger partial charge in [-0.2, -0.15) is 5.10 Å². The molecule has 2 aromatic heterocycles. The summed E-state index contributed by atoms with van der Waals surface area (Å²) in [6, 6.07) is 10.3. The van der Waals surface area contributed by atoms with Crippen LogP contribution >= 0.6 is 0 Å². The van der Waals surface area contributed by atoms with E-state index in [2.05, 4.69) is 56.3 Å². The quantitative estimate of drug-likeness (QED) is 0.664. The van der Waals surface area contributed by atoms with Gasteiger partial charge in [-0.05, 0) is 81.7 Å². The van der Waals surface area contributed by atoms with Crippen LogP contribution in [0.2, 0.25) is 0 Å². The highest BCUT2D eigenvalue weighted by Crippen LogP contribution is 2.37. The Hall–Kier alpha value is -2.64. The minimum absolute atomic E-state index is 0.00499. The number of fused-ring (bicyclic) bond motifs is 2. The number of hydrogen-bond acceptors (Lipinski definition) is 4. The predicted molar refractivity (Wildman–Crippen MR) is 121 cm³/mol. The molecule has 0 radical (unpaired) electrons. The maximum atomic E-state index is 13.0. The van der Waals surface area contributed by atoms with E-state index in [1.807, 2.05) is 25.3 Å². The second kappa shape index (κ2) is 6.94. The Labute approximate surface area is 183 Å². The van der Waals surface area contributed by atoms with Gasteiger partial charge in [-0.3, -0.25) is 4.79 Å². The molecule has 1 atom stereocenters. The average molecular weight is 417 g/mol. The zero-order valence-electron chi connectivity index (χ0n) is 18.7. The molecular formula is C24H28BN3O3. The van der Waals surface area contributed by atoms with Crippen molar-refractivity contribution < 1.29 is 14.1 Å². The lowest BCUT2D eigenvalue weighted by molar-refractivity contribution is 0.00578. The third kappa shape index (κ3) is 3.36. The van der Waals surface area contributed by atoms with Gasteiger partial charge >= 0.3 is 7.12 Å². The second-order valence-corrected chi connectivity index (χ2v) is 9.70. The summed E-state index contributed by atoms with van der Waals surface area (Å²) in [4.78, 5) is 13.0. The number of nitrogens with zero attached hydrogens (tertiary/aromatic N) is 2. The van der Waals surface area contributed by atoms with Crippen molar-refractivity contribution in [3.05, 3.63) is 65.0 Å². The number of rotatable bonds is 3. The fourth-order valence-corrected chi connectivity index (χ4v) is 4.41. The summed E-state index contributed by atoms with van der Waals surface area (Å²) in [5.41, 5.74) is 5.25. The zero-order chi connectivity index (χ0) is 22.0. The standard InChI is InChI=1S/C24H28BN3O3/c1-15-10-11-28-21(12-15)19(14-26-28)22(29)27-20-9-6-16-13-17(7-8-18(16)20)25-30-23(2,3)24(4,5)31-25/h7-8,10-14,20H,6,9H2,1-5H3,(H,27,29)/t20-/m1/s1. The molecule has 1 N–H and O–H groups in total. The van der Waals surface area contributed by atoms with E-state index < -0.39 is 0 Å². The van der Waals surface area contributed by atoms with Gasteiger partial charge in [0, 0.05) is 6.20 Å². The summed E-state index contributed by atoms with van der Waals surface area (Å²) in [6.45, 7) is 10.3. The van der Waals surface area contributed by atoms with Crippen molar-refractivity contribution in [2.24, 2.45) is 0 Å². The van der Waals surface area contributed by atoms with E-state index in [1.54, 1.807) is 10.7 Å². The molecule has 1 aromatic carbocycles. The van der Waals surface area contributed by atoms with E-state index in [4.69, 9.17) is 9.31 Å². The number of aryl methyl sites for hydroxylation is 2. The highest BCUT2D eigenvalue weighted by molar-refractivity contribution is 6.62. The molecule has 160 valence electrons. The number of pyridine rings is 1. The molecule has 0 bridgehead atoms. The topological polar surface area (TPSA) is 64.9 Å². The normalized spacial score (nSPS) is 21.5. The van der Waals surface area contributed by atoms with Crippen LogP contribution in [0.5, 0.6) is 0 Å². The van der Waals surface area contributed by atoms with Gasteiger partial charge in [-0.25, -0.2) is 4.52 Å². The molecule has 0 saturated carbocycles. The van der Waals surface area contributed by atoms with Crippen molar-refractivity contribution in [1.82, 2.24) is 14.9 Å². The van der Waals surface area contributed by atoms with Gasteiger partial charge in [0.1, 0.15) is 0 Å². The first-order chi connectivity index (χ1) is 14.6. The minimum atomic E-state index is -0.369. The summed E-state index contributed by atoms with van der Waals surface area (Å²) in [6.07, 6.45) is 5.32. The summed E-state index contributed by atoms with van der Waals surface area (Å²) in [5, 5.41) is 7.52. The lowest BCUT2D eigenvalue weighted by Crippen LogP contribution is -2.41. The third-order valence-electron chi connectivity index (χ3n) is 7.00. The van der Waals surface area contributed by atoms with Crippen LogP contribution < -0.4 is 10.8 Å². The monoisotopic (exact) mass is 417 g/mol. The van der Waals surface area contributed by atoms with Gasteiger partial charge in [0.2, 0.25) is 0 Å². The van der Waals surface area contributed by atoms with Gasteiger partial charge < -0.3 is 14.6 Å². The molecular weight excluding hydrogens is 389 g/mol. The van der Waals surface area contributed by atoms with E-state index in [0.717, 1.165) is 29.4 Å². The van der Waals surface area contributed by atoms with Gasteiger partial charge in [0.05, 0.1) is 34.5 Å². The maximum absolute atomic E-state index is 13.0. The predicted octanol–water partition coefficient (Wildman–Crippen LogP) is 3.36. The number of benzene rings is 1. The first-order valence-electron chi connectivity index (χ1n) is 10.9.